The summed E-state index contributed by atoms with van der Waals surface area (Å²) in [4.78, 5) is 19.5. The van der Waals surface area contributed by atoms with Crippen molar-refractivity contribution in [2.75, 3.05) is 6.61 Å². The third-order valence-corrected chi connectivity index (χ3v) is 6.31. The molecule has 0 aromatic heterocycles. The molecule has 0 fully saturated rings. The van der Waals surface area contributed by atoms with Gasteiger partial charge in [0.1, 0.15) is 3.67 Å². The fourth-order valence-corrected chi connectivity index (χ4v) is 3.14. The van der Waals surface area contributed by atoms with Crippen LogP contribution in [0.5, 0.6) is 0 Å². The lowest BCUT2D eigenvalue weighted by atomic mass is 10.2. The number of hydrogen-bond acceptors (Lipinski definition) is 4. The third kappa shape index (κ3) is 3.74. The zero-order valence-corrected chi connectivity index (χ0v) is 12.0. The highest BCUT2D eigenvalue weighted by molar-refractivity contribution is 14.1. The van der Waals surface area contributed by atoms with Crippen molar-refractivity contribution in [1.82, 2.24) is 0 Å². The van der Waals surface area contributed by atoms with Crippen LogP contribution >= 0.6 is 30.2 Å². The predicted octanol–water partition coefficient (Wildman–Crippen LogP) is 3.25. The first-order valence-electron chi connectivity index (χ1n) is 4.74. The summed E-state index contributed by atoms with van der Waals surface area (Å²) < 4.78 is 15.8. The lowest BCUT2D eigenvalue weighted by Crippen LogP contribution is -1.97. The molecule has 0 spiro atoms. The number of non-ortho nitro benzene ring substituents is 1. The maximum atomic E-state index is 11.7. The van der Waals surface area contributed by atoms with Crippen molar-refractivity contribution in [3.8, 4) is 0 Å². The standard InChI is InChI=1S/C9H11INO5P/c1-2-16-17(14,15)9(10)7-3-5-8(6-4-7)11(12)13/h3-6,9H,2H2,1H3,(H,14,15). The number of nitro benzene ring substituents is 1. The van der Waals surface area contributed by atoms with Crippen LogP contribution in [0.1, 0.15) is 16.2 Å². The van der Waals surface area contributed by atoms with Crippen LogP contribution < -0.4 is 0 Å². The zero-order valence-electron chi connectivity index (χ0n) is 8.95. The van der Waals surface area contributed by atoms with E-state index in [4.69, 9.17) is 4.52 Å². The van der Waals surface area contributed by atoms with Crippen molar-refractivity contribution in [1.29, 1.82) is 0 Å². The Balaban J connectivity index is 2.93. The molecule has 0 saturated carbocycles. The minimum Gasteiger partial charge on any atom is -0.323 e. The Labute approximate surface area is 112 Å². The van der Waals surface area contributed by atoms with Gasteiger partial charge in [0.05, 0.1) is 11.5 Å². The molecule has 8 heteroatoms. The quantitative estimate of drug-likeness (QED) is 0.282. The molecular weight excluding hydrogens is 360 g/mol. The molecule has 0 saturated heterocycles. The fourth-order valence-electron chi connectivity index (χ4n) is 1.19. The van der Waals surface area contributed by atoms with E-state index in [1.54, 1.807) is 29.5 Å². The second-order valence-electron chi connectivity index (χ2n) is 3.17. The summed E-state index contributed by atoms with van der Waals surface area (Å²) in [5.41, 5.74) is 0.469. The minimum absolute atomic E-state index is 0.0541. The largest absolute Gasteiger partial charge is 0.345 e. The normalized spacial score (nSPS) is 16.2. The van der Waals surface area contributed by atoms with Crippen molar-refractivity contribution in [3.05, 3.63) is 39.9 Å². The van der Waals surface area contributed by atoms with Crippen molar-refractivity contribution in [3.63, 3.8) is 0 Å². The van der Waals surface area contributed by atoms with Gasteiger partial charge in [-0.3, -0.25) is 14.7 Å². The first kappa shape index (κ1) is 14.6. The number of hydrogen-bond donors (Lipinski definition) is 1. The van der Waals surface area contributed by atoms with Gasteiger partial charge in [-0.2, -0.15) is 0 Å². The van der Waals surface area contributed by atoms with E-state index in [0.717, 1.165) is 0 Å². The van der Waals surface area contributed by atoms with Gasteiger partial charge in [0.15, 0.2) is 0 Å². The number of nitro groups is 1. The van der Waals surface area contributed by atoms with Gasteiger partial charge in [-0.25, -0.2) is 0 Å². The molecule has 1 N–H and O–H groups in total. The summed E-state index contributed by atoms with van der Waals surface area (Å²) in [5, 5.41) is 10.5. The van der Waals surface area contributed by atoms with Gasteiger partial charge in [0, 0.05) is 12.1 Å². The number of alkyl halides is 1. The Kier molecular flexibility index (Phi) is 5.05. The van der Waals surface area contributed by atoms with Gasteiger partial charge in [-0.15, -0.1) is 0 Å². The van der Waals surface area contributed by atoms with Crippen molar-refractivity contribution >= 4 is 35.9 Å². The molecule has 0 aliphatic carbocycles. The van der Waals surface area contributed by atoms with Crippen LogP contribution in [0, 0.1) is 10.1 Å². The number of nitrogens with zero attached hydrogens (tertiary/aromatic N) is 1. The summed E-state index contributed by atoms with van der Waals surface area (Å²) in [5.74, 6) is 0. The summed E-state index contributed by atoms with van der Waals surface area (Å²) in [6, 6.07) is 5.51. The minimum atomic E-state index is -3.73. The van der Waals surface area contributed by atoms with Crippen molar-refractivity contribution in [2.45, 2.75) is 10.6 Å². The summed E-state index contributed by atoms with van der Waals surface area (Å²) >= 11 is 1.79. The van der Waals surface area contributed by atoms with E-state index >= 15 is 0 Å². The molecule has 6 nitrogen and oxygen atoms in total. The first-order chi connectivity index (χ1) is 7.88. The first-order valence-corrected chi connectivity index (χ1v) is 7.63. The maximum Gasteiger partial charge on any atom is 0.345 e. The van der Waals surface area contributed by atoms with Gasteiger partial charge in [0.2, 0.25) is 0 Å². The molecule has 1 aromatic rings. The molecule has 17 heavy (non-hydrogen) atoms. The average Bonchev–Trinajstić information content (AvgIpc) is 2.28. The highest BCUT2D eigenvalue weighted by Crippen LogP contribution is 2.60. The fraction of sp³-hybridized carbons (Fsp3) is 0.333. The molecule has 0 aliphatic rings. The van der Waals surface area contributed by atoms with Crippen LogP contribution in [0.2, 0.25) is 0 Å². The summed E-state index contributed by atoms with van der Waals surface area (Å²) in [6.45, 7) is 1.77. The van der Waals surface area contributed by atoms with Crippen LogP contribution in [0.25, 0.3) is 0 Å². The molecule has 0 amide bonds. The molecule has 2 unspecified atom stereocenters. The monoisotopic (exact) mass is 371 g/mol. The second kappa shape index (κ2) is 5.90. The van der Waals surface area contributed by atoms with Gasteiger partial charge < -0.3 is 9.42 Å². The van der Waals surface area contributed by atoms with E-state index in [0.29, 0.717) is 5.56 Å². The Morgan fingerprint density at radius 2 is 2.06 bits per heavy atom. The van der Waals surface area contributed by atoms with Crippen LogP contribution in [0.3, 0.4) is 0 Å². The maximum absolute atomic E-state index is 11.7. The van der Waals surface area contributed by atoms with Gasteiger partial charge in [-0.1, -0.05) is 34.7 Å². The summed E-state index contributed by atoms with van der Waals surface area (Å²) in [6.07, 6.45) is 0. The van der Waals surface area contributed by atoms with Crippen LogP contribution in [-0.2, 0) is 9.09 Å². The second-order valence-corrected chi connectivity index (χ2v) is 7.30. The zero-order chi connectivity index (χ0) is 13.1. The van der Waals surface area contributed by atoms with Crippen molar-refractivity contribution in [2.24, 2.45) is 0 Å². The number of rotatable bonds is 5. The van der Waals surface area contributed by atoms with Crippen LogP contribution in [0.4, 0.5) is 5.69 Å². The molecule has 0 heterocycles. The van der Waals surface area contributed by atoms with E-state index in [2.05, 4.69) is 0 Å². The van der Waals surface area contributed by atoms with E-state index in [-0.39, 0.29) is 12.3 Å². The Hall–Kier alpha value is -0.500. The topological polar surface area (TPSA) is 89.7 Å². The average molecular weight is 371 g/mol. The third-order valence-electron chi connectivity index (χ3n) is 1.98. The molecule has 1 aromatic carbocycles. The summed E-state index contributed by atoms with van der Waals surface area (Å²) in [7, 11) is -3.73. The van der Waals surface area contributed by atoms with Crippen molar-refractivity contribution < 1.29 is 18.9 Å². The van der Waals surface area contributed by atoms with Crippen LogP contribution in [0.15, 0.2) is 24.3 Å². The Morgan fingerprint density at radius 1 is 1.53 bits per heavy atom. The highest BCUT2D eigenvalue weighted by atomic mass is 127. The molecule has 0 radical (unpaired) electrons. The predicted molar refractivity (Wildman–Crippen MR) is 71.3 cm³/mol. The number of benzene rings is 1. The van der Waals surface area contributed by atoms with E-state index in [1.807, 2.05) is 0 Å². The Bertz CT molecular complexity index is 449. The molecule has 94 valence electrons. The van der Waals surface area contributed by atoms with Gasteiger partial charge in [0.25, 0.3) is 5.69 Å². The SMILES string of the molecule is CCOP(=O)(O)C(I)c1ccc([N+](=O)[O-])cc1. The number of halogens is 1. The van der Waals surface area contributed by atoms with E-state index in [9.17, 15) is 19.6 Å². The highest BCUT2D eigenvalue weighted by Gasteiger charge is 2.31. The smallest absolute Gasteiger partial charge is 0.323 e. The lowest BCUT2D eigenvalue weighted by molar-refractivity contribution is -0.384. The molecule has 0 bridgehead atoms. The van der Waals surface area contributed by atoms with Gasteiger partial charge in [-0.05, 0) is 12.5 Å². The van der Waals surface area contributed by atoms with E-state index in [1.165, 1.54) is 24.3 Å². The molecular formula is C9H11INO5P. The lowest BCUT2D eigenvalue weighted by Gasteiger charge is -2.16. The Morgan fingerprint density at radius 3 is 2.47 bits per heavy atom. The molecule has 2 atom stereocenters. The van der Waals surface area contributed by atoms with E-state index < -0.39 is 16.2 Å². The van der Waals surface area contributed by atoms with Gasteiger partial charge >= 0.3 is 7.60 Å². The van der Waals surface area contributed by atoms with Crippen LogP contribution in [-0.4, -0.2) is 16.4 Å². The molecule has 0 aliphatic heterocycles. The molecule has 1 rings (SSSR count).